The molecule has 12 radical (unpaired) electrons. The average Bonchev–Trinajstić information content (AvgIpc) is 2.41. The van der Waals surface area contributed by atoms with Gasteiger partial charge in [-0.15, -0.1) is 0 Å². The Morgan fingerprint density at radius 2 is 0.867 bits per heavy atom. The van der Waals surface area contributed by atoms with Crippen LogP contribution in [0.15, 0.2) is 0 Å². The average molecular weight is 382 g/mol. The van der Waals surface area contributed by atoms with Gasteiger partial charge in [0, 0.05) is 34.8 Å². The molecule has 0 aromatic heterocycles. The van der Waals surface area contributed by atoms with Crippen LogP contribution in [-0.4, -0.2) is 47.7 Å². The van der Waals surface area contributed by atoms with Crippen LogP contribution >= 0.6 is 0 Å². The topological polar surface area (TPSA) is 94.6 Å². The molecular formula is C8H6O6W. The maximum absolute atomic E-state index is 7.50. The largest absolute Gasteiger partial charge is 0.384 e. The molecule has 15 heavy (non-hydrogen) atoms. The number of rotatable bonds is 1. The molecule has 0 spiro atoms. The zero-order valence-electron chi connectivity index (χ0n) is 7.64. The van der Waals surface area contributed by atoms with Crippen molar-refractivity contribution in [3.05, 3.63) is 6.92 Å². The van der Waals surface area contributed by atoms with Crippen molar-refractivity contribution in [3.63, 3.8) is 0 Å². The van der Waals surface area contributed by atoms with Crippen LogP contribution in [0.5, 0.6) is 0 Å². The molecule has 7 heteroatoms. The minimum absolute atomic E-state index is 0. The SMILES string of the molecule is [CH]COC.[C]=O.[C]=O.[C]=O.[C]=O.[C]=O.[W]. The van der Waals surface area contributed by atoms with Gasteiger partial charge in [0.15, 0.2) is 0 Å². The molecule has 0 aromatic rings. The van der Waals surface area contributed by atoms with Gasteiger partial charge in [0.25, 0.3) is 33.9 Å². The quantitative estimate of drug-likeness (QED) is 0.540. The Bertz CT molecular complexity index is 44.8. The Morgan fingerprint density at radius 1 is 0.800 bits per heavy atom. The molecule has 0 atom stereocenters. The predicted octanol–water partition coefficient (Wildman–Crippen LogP) is -1.64. The molecule has 6 nitrogen and oxygen atoms in total. The Balaban J connectivity index is -0.0000000105. The summed E-state index contributed by atoms with van der Waals surface area (Å²) in [6.45, 7) is 27.6. The fraction of sp³-hybridized carbons (Fsp3) is 0.250. The van der Waals surface area contributed by atoms with Gasteiger partial charge < -0.3 is 4.74 Å². The summed E-state index contributed by atoms with van der Waals surface area (Å²) in [5.74, 6) is 0. The second-order valence-electron chi connectivity index (χ2n) is 0.455. The zero-order chi connectivity index (χ0) is 13.4. The summed E-state index contributed by atoms with van der Waals surface area (Å²) in [6.07, 6.45) is 0. The summed E-state index contributed by atoms with van der Waals surface area (Å²) in [5, 5.41) is 0. The fourth-order valence-electron chi connectivity index (χ4n) is 0. The number of hydrogen-bond donors (Lipinski definition) is 0. The Kier molecular flexibility index (Phi) is 6040. The smallest absolute Gasteiger partial charge is 0.281 e. The van der Waals surface area contributed by atoms with Gasteiger partial charge in [-0.2, -0.15) is 0 Å². The maximum Gasteiger partial charge on any atom is 0.281 e. The fourth-order valence-corrected chi connectivity index (χ4v) is 0. The second-order valence-corrected chi connectivity index (χ2v) is 0.455. The standard InChI is InChI=1S/C3H6O.5CO.W/c1-3-4-2;5*1-2;/h1H,3H2,2H3;;;;;;. The van der Waals surface area contributed by atoms with E-state index in [1.807, 2.05) is 0 Å². The van der Waals surface area contributed by atoms with Crippen LogP contribution in [0.3, 0.4) is 0 Å². The Labute approximate surface area is 105 Å². The molecule has 0 amide bonds. The van der Waals surface area contributed by atoms with Crippen LogP contribution in [0.2, 0.25) is 0 Å². The van der Waals surface area contributed by atoms with Gasteiger partial charge >= 0.3 is 0 Å². The summed E-state index contributed by atoms with van der Waals surface area (Å²) in [6, 6.07) is 0. The van der Waals surface area contributed by atoms with Crippen LogP contribution in [0.4, 0.5) is 0 Å². The molecule has 0 rings (SSSR count). The van der Waals surface area contributed by atoms with E-state index in [-0.39, 0.29) is 21.1 Å². The first-order valence-electron chi connectivity index (χ1n) is 2.13. The van der Waals surface area contributed by atoms with E-state index in [9.17, 15) is 0 Å². The summed E-state index contributed by atoms with van der Waals surface area (Å²) >= 11 is 0. The van der Waals surface area contributed by atoms with Crippen molar-refractivity contribution in [2.24, 2.45) is 0 Å². The molecule has 0 unspecified atom stereocenters. The predicted molar refractivity (Wildman–Crippen MR) is 44.6 cm³/mol. The van der Waals surface area contributed by atoms with Crippen molar-refractivity contribution >= 4 is 33.9 Å². The molecule has 0 bridgehead atoms. The monoisotopic (exact) mass is 382 g/mol. The number of ether oxygens (including phenoxy) is 1. The molecule has 0 fully saturated rings. The van der Waals surface area contributed by atoms with Crippen molar-refractivity contribution in [2.45, 2.75) is 0 Å². The zero-order valence-corrected chi connectivity index (χ0v) is 10.6. The van der Waals surface area contributed by atoms with Crippen LogP contribution in [0.1, 0.15) is 0 Å². The third kappa shape index (κ3) is 552000000. The Morgan fingerprint density at radius 3 is 0.867 bits per heavy atom. The summed E-state index contributed by atoms with van der Waals surface area (Å²) in [5.41, 5.74) is 0. The van der Waals surface area contributed by atoms with Gasteiger partial charge in [-0.05, 0) is 6.92 Å². The van der Waals surface area contributed by atoms with Crippen molar-refractivity contribution in [1.82, 2.24) is 0 Å². The first kappa shape index (κ1) is 48.3. The molecule has 0 aliphatic rings. The molecule has 80 valence electrons. The van der Waals surface area contributed by atoms with Crippen LogP contribution in [0, 0.1) is 6.92 Å². The molecule has 0 N–H and O–H groups in total. The van der Waals surface area contributed by atoms with Gasteiger partial charge in [0.2, 0.25) is 0 Å². The summed E-state index contributed by atoms with van der Waals surface area (Å²) in [7, 11) is 1.56. The number of methoxy groups -OCH3 is 1. The molecule has 0 aromatic carbocycles. The first-order chi connectivity index (χ1) is 6.91. The van der Waals surface area contributed by atoms with E-state index in [1.54, 1.807) is 7.11 Å². The van der Waals surface area contributed by atoms with Gasteiger partial charge in [-0.1, -0.05) is 0 Å². The molecular weight excluding hydrogens is 376 g/mol. The van der Waals surface area contributed by atoms with E-state index in [0.717, 1.165) is 0 Å². The van der Waals surface area contributed by atoms with Crippen molar-refractivity contribution in [3.8, 4) is 0 Å². The molecule has 0 aliphatic carbocycles. The third-order valence-corrected chi connectivity index (χ3v) is 0.167. The summed E-state index contributed by atoms with van der Waals surface area (Å²) < 4.78 is 4.32. The maximum atomic E-state index is 7.50. The first-order valence-corrected chi connectivity index (χ1v) is 2.13. The van der Waals surface area contributed by atoms with Crippen molar-refractivity contribution in [1.29, 1.82) is 0 Å². The molecule has 0 saturated heterocycles. The molecule has 0 saturated carbocycles. The van der Waals surface area contributed by atoms with E-state index < -0.39 is 0 Å². The van der Waals surface area contributed by atoms with Crippen molar-refractivity contribution < 1.29 is 49.8 Å². The van der Waals surface area contributed by atoms with Gasteiger partial charge in [0.05, 0.1) is 0 Å². The van der Waals surface area contributed by atoms with E-state index in [1.165, 1.54) is 0 Å². The van der Waals surface area contributed by atoms with Crippen LogP contribution < -0.4 is 0 Å². The van der Waals surface area contributed by atoms with E-state index in [4.69, 9.17) is 30.9 Å². The number of hydrogen-bond acceptors (Lipinski definition) is 6. The van der Waals surface area contributed by atoms with E-state index in [0.29, 0.717) is 6.61 Å². The van der Waals surface area contributed by atoms with Crippen molar-refractivity contribution in [2.75, 3.05) is 13.7 Å². The summed E-state index contributed by atoms with van der Waals surface area (Å²) in [4.78, 5) is 37.5. The van der Waals surface area contributed by atoms with E-state index >= 15 is 0 Å². The number of carbonyl (C=O) groups excluding carboxylic acids is 5. The van der Waals surface area contributed by atoms with Crippen LogP contribution in [0.25, 0.3) is 0 Å². The normalized spacial score (nSPS) is 3.33. The molecule has 0 heterocycles. The van der Waals surface area contributed by atoms with E-state index in [2.05, 4.69) is 38.7 Å². The van der Waals surface area contributed by atoms with Gasteiger partial charge in [-0.3, -0.25) is 24.0 Å². The molecule has 0 aliphatic heterocycles. The van der Waals surface area contributed by atoms with Gasteiger partial charge in [0.1, 0.15) is 0 Å². The third-order valence-electron chi connectivity index (χ3n) is 0.167. The van der Waals surface area contributed by atoms with Crippen LogP contribution in [-0.2, 0) is 49.8 Å². The minimum atomic E-state index is 0. The Hall–Kier alpha value is -1.00. The second kappa shape index (κ2) is 1880. The minimum Gasteiger partial charge on any atom is -0.384 e. The van der Waals surface area contributed by atoms with Gasteiger partial charge in [-0.25, -0.2) is 0 Å².